The molecule has 17 heavy (non-hydrogen) atoms. The molecule has 0 heterocycles. The lowest BCUT2D eigenvalue weighted by Crippen LogP contribution is -2.54. The molecule has 2 atom stereocenters. The topological polar surface area (TPSA) is 40.5 Å². The molecule has 0 fully saturated rings. The highest BCUT2D eigenvalue weighted by Crippen LogP contribution is 2.37. The third kappa shape index (κ3) is 3.08. The van der Waals surface area contributed by atoms with E-state index in [0.717, 1.165) is 5.56 Å². The summed E-state index contributed by atoms with van der Waals surface area (Å²) in [6, 6.07) is 9.83. The molecule has 2 heteroatoms. The fourth-order valence-electron chi connectivity index (χ4n) is 2.13. The van der Waals surface area contributed by atoms with Gasteiger partial charge in [-0.05, 0) is 17.4 Å². The zero-order chi connectivity index (χ0) is 13.1. The van der Waals surface area contributed by atoms with E-state index in [1.54, 1.807) is 0 Å². The maximum atomic E-state index is 10.8. The van der Waals surface area contributed by atoms with Crippen molar-refractivity contribution in [1.82, 2.24) is 0 Å². The van der Waals surface area contributed by atoms with Gasteiger partial charge < -0.3 is 10.2 Å². The summed E-state index contributed by atoms with van der Waals surface area (Å²) in [5.74, 6) is 0. The van der Waals surface area contributed by atoms with Crippen molar-refractivity contribution in [3.05, 3.63) is 35.9 Å². The van der Waals surface area contributed by atoms with Crippen molar-refractivity contribution in [1.29, 1.82) is 0 Å². The van der Waals surface area contributed by atoms with Crippen molar-refractivity contribution >= 4 is 0 Å². The van der Waals surface area contributed by atoms with Crippen molar-refractivity contribution in [2.24, 2.45) is 5.41 Å². The summed E-state index contributed by atoms with van der Waals surface area (Å²) in [7, 11) is 0. The number of benzene rings is 1. The molecule has 0 aliphatic heterocycles. The van der Waals surface area contributed by atoms with Crippen molar-refractivity contribution in [2.45, 2.75) is 52.2 Å². The van der Waals surface area contributed by atoms with Gasteiger partial charge in [-0.15, -0.1) is 0 Å². The van der Waals surface area contributed by atoms with Gasteiger partial charge in [-0.3, -0.25) is 0 Å². The first kappa shape index (κ1) is 14.2. The van der Waals surface area contributed by atoms with Crippen LogP contribution in [0.4, 0.5) is 0 Å². The second-order valence-electron chi connectivity index (χ2n) is 5.76. The van der Waals surface area contributed by atoms with Crippen LogP contribution in [-0.4, -0.2) is 21.9 Å². The Kier molecular flexibility index (Phi) is 4.34. The summed E-state index contributed by atoms with van der Waals surface area (Å²) in [5.41, 5.74) is -0.404. The van der Waals surface area contributed by atoms with E-state index in [1.807, 2.05) is 58.0 Å². The minimum atomic E-state index is -1.09. The molecular weight excluding hydrogens is 212 g/mol. The second-order valence-corrected chi connectivity index (χ2v) is 5.76. The minimum absolute atomic E-state index is 0.363. The lowest BCUT2D eigenvalue weighted by atomic mass is 9.69. The van der Waals surface area contributed by atoms with Crippen LogP contribution in [0.25, 0.3) is 0 Å². The highest BCUT2D eigenvalue weighted by Gasteiger charge is 2.45. The van der Waals surface area contributed by atoms with Crippen LogP contribution in [0.2, 0.25) is 0 Å². The lowest BCUT2D eigenvalue weighted by molar-refractivity contribution is -0.142. The Hall–Kier alpha value is -0.860. The summed E-state index contributed by atoms with van der Waals surface area (Å²) in [6.45, 7) is 7.80. The minimum Gasteiger partial charge on any atom is -0.390 e. The third-order valence-corrected chi connectivity index (χ3v) is 3.55. The van der Waals surface area contributed by atoms with Crippen LogP contribution in [0, 0.1) is 5.41 Å². The number of rotatable bonds is 4. The Balaban J connectivity index is 3.01. The van der Waals surface area contributed by atoms with Crippen molar-refractivity contribution < 1.29 is 10.2 Å². The van der Waals surface area contributed by atoms with Crippen molar-refractivity contribution in [3.8, 4) is 0 Å². The molecule has 1 rings (SSSR count). The Morgan fingerprint density at radius 3 is 2.06 bits per heavy atom. The second kappa shape index (κ2) is 5.19. The molecule has 2 N–H and O–H groups in total. The van der Waals surface area contributed by atoms with E-state index in [9.17, 15) is 10.2 Å². The third-order valence-electron chi connectivity index (χ3n) is 3.55. The molecule has 0 aromatic heterocycles. The Morgan fingerprint density at radius 2 is 1.65 bits per heavy atom. The first-order valence-electron chi connectivity index (χ1n) is 6.25. The van der Waals surface area contributed by atoms with Gasteiger partial charge in [0.05, 0.1) is 11.7 Å². The summed E-state index contributed by atoms with van der Waals surface area (Å²) in [6.07, 6.45) is 0.329. The van der Waals surface area contributed by atoms with E-state index >= 15 is 0 Å². The molecular formula is C15H24O2. The summed E-state index contributed by atoms with van der Waals surface area (Å²) in [4.78, 5) is 0. The maximum absolute atomic E-state index is 10.8. The van der Waals surface area contributed by atoms with E-state index in [1.165, 1.54) is 0 Å². The standard InChI is InChI=1S/C15H24O2/c1-5-13(16)15(17,14(2,3)4)11-12-9-7-6-8-10-12/h6-10,13,16-17H,5,11H2,1-4H3/t13-,15-/m1/s1. The SMILES string of the molecule is CC[C@@H](O)[C@](O)(Cc1ccccc1)C(C)(C)C. The van der Waals surface area contributed by atoms with Gasteiger partial charge in [-0.1, -0.05) is 58.0 Å². The normalized spacial score (nSPS) is 17.5. The molecule has 0 aliphatic rings. The van der Waals surface area contributed by atoms with Crippen molar-refractivity contribution in [2.75, 3.05) is 0 Å². The van der Waals surface area contributed by atoms with Gasteiger partial charge in [0.2, 0.25) is 0 Å². The quantitative estimate of drug-likeness (QED) is 0.844. The van der Waals surface area contributed by atoms with E-state index in [4.69, 9.17) is 0 Å². The monoisotopic (exact) mass is 236 g/mol. The van der Waals surface area contributed by atoms with Gasteiger partial charge in [-0.2, -0.15) is 0 Å². The van der Waals surface area contributed by atoms with E-state index in [0.29, 0.717) is 12.8 Å². The van der Waals surface area contributed by atoms with Gasteiger partial charge in [0.1, 0.15) is 0 Å². The highest BCUT2D eigenvalue weighted by molar-refractivity contribution is 5.19. The fourth-order valence-corrected chi connectivity index (χ4v) is 2.13. The molecule has 0 amide bonds. The van der Waals surface area contributed by atoms with E-state index < -0.39 is 11.7 Å². The molecule has 0 saturated carbocycles. The first-order valence-corrected chi connectivity index (χ1v) is 6.25. The molecule has 1 aromatic carbocycles. The van der Waals surface area contributed by atoms with Crippen LogP contribution in [-0.2, 0) is 6.42 Å². The zero-order valence-electron chi connectivity index (χ0n) is 11.3. The Morgan fingerprint density at radius 1 is 1.12 bits per heavy atom. The zero-order valence-corrected chi connectivity index (χ0v) is 11.3. The number of aliphatic hydroxyl groups is 2. The molecule has 0 spiro atoms. The average molecular weight is 236 g/mol. The summed E-state index contributed by atoms with van der Waals surface area (Å²) < 4.78 is 0. The molecule has 0 unspecified atom stereocenters. The Labute approximate surface area is 104 Å². The van der Waals surface area contributed by atoms with Crippen LogP contribution in [0.3, 0.4) is 0 Å². The lowest BCUT2D eigenvalue weighted by Gasteiger charge is -2.43. The highest BCUT2D eigenvalue weighted by atomic mass is 16.3. The molecule has 1 aromatic rings. The van der Waals surface area contributed by atoms with E-state index in [-0.39, 0.29) is 5.41 Å². The van der Waals surface area contributed by atoms with Crippen LogP contribution >= 0.6 is 0 Å². The maximum Gasteiger partial charge on any atom is 0.0993 e. The largest absolute Gasteiger partial charge is 0.390 e. The summed E-state index contributed by atoms with van der Waals surface area (Å²) in [5, 5.41) is 20.9. The van der Waals surface area contributed by atoms with Gasteiger partial charge in [0.15, 0.2) is 0 Å². The van der Waals surface area contributed by atoms with Gasteiger partial charge in [-0.25, -0.2) is 0 Å². The molecule has 0 saturated heterocycles. The summed E-state index contributed by atoms with van der Waals surface area (Å²) >= 11 is 0. The molecule has 2 nitrogen and oxygen atoms in total. The molecule has 0 radical (unpaired) electrons. The average Bonchev–Trinajstić information content (AvgIpc) is 2.27. The fraction of sp³-hybridized carbons (Fsp3) is 0.600. The predicted molar refractivity (Wildman–Crippen MR) is 70.8 cm³/mol. The molecule has 0 aliphatic carbocycles. The van der Waals surface area contributed by atoms with Crippen molar-refractivity contribution in [3.63, 3.8) is 0 Å². The molecule has 0 bridgehead atoms. The van der Waals surface area contributed by atoms with Crippen LogP contribution in [0.1, 0.15) is 39.7 Å². The van der Waals surface area contributed by atoms with E-state index in [2.05, 4.69) is 0 Å². The smallest absolute Gasteiger partial charge is 0.0993 e. The van der Waals surface area contributed by atoms with Crippen LogP contribution in [0.15, 0.2) is 30.3 Å². The number of hydrogen-bond donors (Lipinski definition) is 2. The molecule has 96 valence electrons. The first-order chi connectivity index (χ1) is 7.81. The van der Waals surface area contributed by atoms with Gasteiger partial charge in [0, 0.05) is 6.42 Å². The number of aliphatic hydroxyl groups excluding tert-OH is 1. The Bertz CT molecular complexity index is 340. The predicted octanol–water partition coefficient (Wildman–Crippen LogP) is 2.78. The number of hydrogen-bond acceptors (Lipinski definition) is 2. The van der Waals surface area contributed by atoms with Gasteiger partial charge >= 0.3 is 0 Å². The van der Waals surface area contributed by atoms with Gasteiger partial charge in [0.25, 0.3) is 0 Å². The van der Waals surface area contributed by atoms with Crippen LogP contribution in [0.5, 0.6) is 0 Å². The van der Waals surface area contributed by atoms with Crippen LogP contribution < -0.4 is 0 Å².